The lowest BCUT2D eigenvalue weighted by Crippen LogP contribution is -2.42. The molecule has 2 heterocycles. The Labute approximate surface area is 235 Å². The molecule has 3 N–H and O–H groups in total. The van der Waals surface area contributed by atoms with Gasteiger partial charge in [0, 0.05) is 42.4 Å². The Hall–Kier alpha value is -3.39. The molecular formula is C30H34FN5O3S. The third kappa shape index (κ3) is 5.46. The van der Waals surface area contributed by atoms with Crippen LogP contribution in [0.3, 0.4) is 0 Å². The number of hydrogen-bond acceptors (Lipinski definition) is 6. The van der Waals surface area contributed by atoms with Crippen LogP contribution in [0.4, 0.5) is 10.1 Å². The van der Waals surface area contributed by atoms with Gasteiger partial charge in [-0.15, -0.1) is 0 Å². The second-order valence-electron chi connectivity index (χ2n) is 11.3. The number of aromatic nitrogens is 2. The lowest BCUT2D eigenvalue weighted by Gasteiger charge is -2.41. The Morgan fingerprint density at radius 1 is 1.07 bits per heavy atom. The fourth-order valence-electron chi connectivity index (χ4n) is 5.96. The SMILES string of the molecule is N#CC1(NC(=O)[C@@H]2CCCC[C@H]2c2nn(-c3cccc(F)c3)cc2-c2ccc(N3CCS(O)(O)CC3)cc2)CC1. The molecule has 2 atom stereocenters. The molecule has 6 rings (SSSR count). The molecule has 3 aliphatic rings. The van der Waals surface area contributed by atoms with Crippen molar-refractivity contribution in [1.29, 1.82) is 5.26 Å². The number of hydrogen-bond donors (Lipinski definition) is 3. The topological polar surface area (TPSA) is 114 Å². The Morgan fingerprint density at radius 3 is 2.48 bits per heavy atom. The molecule has 2 aliphatic carbocycles. The molecule has 1 saturated heterocycles. The Bertz CT molecular complexity index is 1440. The molecule has 3 fully saturated rings. The quantitative estimate of drug-likeness (QED) is 0.355. The van der Waals surface area contributed by atoms with Crippen molar-refractivity contribution in [2.75, 3.05) is 29.5 Å². The van der Waals surface area contributed by atoms with Gasteiger partial charge in [0.05, 0.1) is 29.0 Å². The molecule has 210 valence electrons. The van der Waals surface area contributed by atoms with Gasteiger partial charge in [0.2, 0.25) is 5.91 Å². The van der Waals surface area contributed by atoms with Crippen LogP contribution in [-0.4, -0.2) is 54.9 Å². The minimum atomic E-state index is -2.47. The summed E-state index contributed by atoms with van der Waals surface area (Å²) in [6.07, 6.45) is 6.76. The van der Waals surface area contributed by atoms with E-state index in [1.54, 1.807) is 10.7 Å². The molecule has 0 bridgehead atoms. The number of carbonyl (C=O) groups excluding carboxylic acids is 1. The summed E-state index contributed by atoms with van der Waals surface area (Å²) < 4.78 is 35.8. The fourth-order valence-corrected chi connectivity index (χ4v) is 7.19. The zero-order valence-corrected chi connectivity index (χ0v) is 23.1. The third-order valence-electron chi connectivity index (χ3n) is 8.52. The van der Waals surface area contributed by atoms with Gasteiger partial charge in [0.25, 0.3) is 0 Å². The number of anilines is 1. The van der Waals surface area contributed by atoms with E-state index in [0.717, 1.165) is 48.2 Å². The number of rotatable bonds is 6. The molecule has 10 heteroatoms. The van der Waals surface area contributed by atoms with E-state index in [-0.39, 0.29) is 23.6 Å². The van der Waals surface area contributed by atoms with Crippen molar-refractivity contribution in [2.24, 2.45) is 5.92 Å². The number of benzene rings is 2. The van der Waals surface area contributed by atoms with E-state index in [0.29, 0.717) is 43.1 Å². The van der Waals surface area contributed by atoms with Gasteiger partial charge in [-0.1, -0.05) is 31.0 Å². The largest absolute Gasteiger partial charge is 0.368 e. The van der Waals surface area contributed by atoms with Gasteiger partial charge in [-0.05, 0) is 61.6 Å². The predicted molar refractivity (Wildman–Crippen MR) is 154 cm³/mol. The number of carbonyl (C=O) groups is 1. The lowest BCUT2D eigenvalue weighted by atomic mass is 9.75. The Morgan fingerprint density at radius 2 is 1.80 bits per heavy atom. The minimum absolute atomic E-state index is 0.0820. The van der Waals surface area contributed by atoms with Crippen molar-refractivity contribution >= 4 is 22.2 Å². The molecule has 40 heavy (non-hydrogen) atoms. The average molecular weight is 564 g/mol. The first-order valence-corrected chi connectivity index (χ1v) is 15.8. The molecule has 0 spiro atoms. The number of halogens is 1. The molecule has 1 aromatic heterocycles. The maximum Gasteiger partial charge on any atom is 0.225 e. The van der Waals surface area contributed by atoms with E-state index < -0.39 is 16.1 Å². The summed E-state index contributed by atoms with van der Waals surface area (Å²) in [4.78, 5) is 15.6. The van der Waals surface area contributed by atoms with E-state index in [1.165, 1.54) is 12.1 Å². The van der Waals surface area contributed by atoms with Gasteiger partial charge in [0.1, 0.15) is 11.4 Å². The highest BCUT2D eigenvalue weighted by atomic mass is 32.3. The molecule has 3 aromatic rings. The Kier molecular flexibility index (Phi) is 7.07. The lowest BCUT2D eigenvalue weighted by molar-refractivity contribution is -0.127. The van der Waals surface area contributed by atoms with Crippen LogP contribution in [0.1, 0.15) is 50.1 Å². The van der Waals surface area contributed by atoms with E-state index in [1.807, 2.05) is 36.5 Å². The van der Waals surface area contributed by atoms with E-state index in [9.17, 15) is 23.6 Å². The van der Waals surface area contributed by atoms with Gasteiger partial charge in [-0.2, -0.15) is 21.0 Å². The van der Waals surface area contributed by atoms with Crippen LogP contribution in [0, 0.1) is 23.1 Å². The summed E-state index contributed by atoms with van der Waals surface area (Å²) >= 11 is 0. The highest BCUT2D eigenvalue weighted by Crippen LogP contribution is 2.44. The van der Waals surface area contributed by atoms with E-state index in [4.69, 9.17) is 5.10 Å². The maximum atomic E-state index is 14.1. The third-order valence-corrected chi connectivity index (χ3v) is 10.2. The molecule has 2 aromatic carbocycles. The van der Waals surface area contributed by atoms with Crippen molar-refractivity contribution in [3.8, 4) is 22.9 Å². The molecular weight excluding hydrogens is 529 g/mol. The molecule has 1 amide bonds. The zero-order valence-electron chi connectivity index (χ0n) is 22.3. The number of nitriles is 1. The van der Waals surface area contributed by atoms with Gasteiger partial charge in [-0.3, -0.25) is 13.9 Å². The summed E-state index contributed by atoms with van der Waals surface area (Å²) in [6, 6.07) is 16.7. The van der Waals surface area contributed by atoms with Crippen molar-refractivity contribution in [1.82, 2.24) is 15.1 Å². The second kappa shape index (κ2) is 10.5. The summed E-state index contributed by atoms with van der Waals surface area (Å²) in [5.41, 5.74) is 3.55. The molecule has 1 aliphatic heterocycles. The Balaban J connectivity index is 1.34. The average Bonchev–Trinajstić information content (AvgIpc) is 3.59. The first kappa shape index (κ1) is 26.8. The zero-order chi connectivity index (χ0) is 27.9. The van der Waals surface area contributed by atoms with Crippen LogP contribution >= 0.6 is 10.6 Å². The van der Waals surface area contributed by atoms with Crippen LogP contribution in [0.5, 0.6) is 0 Å². The first-order chi connectivity index (χ1) is 19.3. The van der Waals surface area contributed by atoms with Crippen LogP contribution in [-0.2, 0) is 4.79 Å². The molecule has 2 saturated carbocycles. The van der Waals surface area contributed by atoms with Crippen molar-refractivity contribution < 1.29 is 18.3 Å². The second-order valence-corrected chi connectivity index (χ2v) is 13.7. The van der Waals surface area contributed by atoms with E-state index in [2.05, 4.69) is 16.3 Å². The summed E-state index contributed by atoms with van der Waals surface area (Å²) in [7, 11) is -2.47. The van der Waals surface area contributed by atoms with Gasteiger partial charge in [0.15, 0.2) is 0 Å². The standard InChI is InChI=1S/C30H34FN5O3S/c31-22-4-3-5-24(18-22)36-19-27(21-8-10-23(11-9-21)35-14-16-40(38,39)17-15-35)28(34-36)25-6-1-2-7-26(25)29(37)33-30(20-32)12-13-30/h3-5,8-11,18-19,25-26,38-39H,1-2,6-7,12-17H2,(H,33,37)/t25-,26-/m1/s1. The maximum absolute atomic E-state index is 14.1. The van der Waals surface area contributed by atoms with Crippen molar-refractivity contribution in [2.45, 2.75) is 50.0 Å². The van der Waals surface area contributed by atoms with Crippen LogP contribution < -0.4 is 10.2 Å². The molecule has 8 nitrogen and oxygen atoms in total. The van der Waals surface area contributed by atoms with Crippen LogP contribution in [0.15, 0.2) is 54.7 Å². The van der Waals surface area contributed by atoms with Gasteiger partial charge >= 0.3 is 0 Å². The first-order valence-electron chi connectivity index (χ1n) is 13.9. The van der Waals surface area contributed by atoms with Crippen LogP contribution in [0.2, 0.25) is 0 Å². The normalized spacial score (nSPS) is 24.1. The summed E-state index contributed by atoms with van der Waals surface area (Å²) in [6.45, 7) is 1.18. The predicted octanol–water partition coefficient (Wildman–Crippen LogP) is 5.70. The highest BCUT2D eigenvalue weighted by molar-refractivity contribution is 8.24. The number of nitrogens with zero attached hydrogens (tertiary/aromatic N) is 4. The van der Waals surface area contributed by atoms with Crippen molar-refractivity contribution in [3.63, 3.8) is 0 Å². The molecule has 0 unspecified atom stereocenters. The van der Waals surface area contributed by atoms with Crippen molar-refractivity contribution in [3.05, 3.63) is 66.2 Å². The number of nitrogens with one attached hydrogen (secondary N) is 1. The highest BCUT2D eigenvalue weighted by Gasteiger charge is 2.47. The fraction of sp³-hybridized carbons (Fsp3) is 0.433. The van der Waals surface area contributed by atoms with Gasteiger partial charge in [-0.25, -0.2) is 9.07 Å². The minimum Gasteiger partial charge on any atom is -0.368 e. The summed E-state index contributed by atoms with van der Waals surface area (Å²) in [5.74, 6) is -0.0996. The monoisotopic (exact) mass is 563 g/mol. The summed E-state index contributed by atoms with van der Waals surface area (Å²) in [5, 5.41) is 17.5. The van der Waals surface area contributed by atoms with Gasteiger partial charge < -0.3 is 10.2 Å². The number of amides is 1. The van der Waals surface area contributed by atoms with E-state index >= 15 is 0 Å². The molecule has 0 radical (unpaired) electrons. The van der Waals surface area contributed by atoms with Crippen LogP contribution in [0.25, 0.3) is 16.8 Å². The smallest absolute Gasteiger partial charge is 0.225 e.